The van der Waals surface area contributed by atoms with E-state index in [0.29, 0.717) is 13.2 Å². The number of para-hydroxylation sites is 1. The van der Waals surface area contributed by atoms with E-state index < -0.39 is 0 Å². The van der Waals surface area contributed by atoms with Crippen molar-refractivity contribution in [3.63, 3.8) is 0 Å². The van der Waals surface area contributed by atoms with Crippen molar-refractivity contribution < 1.29 is 4.74 Å². The second kappa shape index (κ2) is 11.7. The Bertz CT molecular complexity index is 488. The molecule has 0 fully saturated rings. The molecule has 0 aliphatic carbocycles. The van der Waals surface area contributed by atoms with Crippen molar-refractivity contribution in [3.05, 3.63) is 29.8 Å². The zero-order chi connectivity index (χ0) is 17.8. The highest BCUT2D eigenvalue weighted by molar-refractivity contribution is 5.79. The van der Waals surface area contributed by atoms with E-state index in [9.17, 15) is 0 Å². The summed E-state index contributed by atoms with van der Waals surface area (Å²) in [7, 11) is 6.19. The predicted molar refractivity (Wildman–Crippen MR) is 103 cm³/mol. The molecule has 136 valence electrons. The number of hydrogen-bond donors (Lipinski definition) is 1. The molecule has 0 amide bonds. The van der Waals surface area contributed by atoms with Crippen LogP contribution in [0, 0.1) is 0 Å². The number of unbranched alkanes of at least 4 members (excludes halogenated alkanes) is 1. The molecule has 5 nitrogen and oxygen atoms in total. The van der Waals surface area contributed by atoms with Gasteiger partial charge in [0.1, 0.15) is 12.4 Å². The lowest BCUT2D eigenvalue weighted by Gasteiger charge is -2.22. The van der Waals surface area contributed by atoms with Gasteiger partial charge in [0, 0.05) is 32.2 Å². The molecule has 0 atom stereocenters. The standard InChI is InChI=1S/C19H34N4O/c1-6-8-13-23(5)19(20-7-2)21-16-17-11-9-10-12-18(17)24-15-14-22(3)4/h9-12H,6-8,13-16H2,1-5H3,(H,20,21). The highest BCUT2D eigenvalue weighted by Crippen LogP contribution is 2.19. The third-order valence-corrected chi connectivity index (χ3v) is 3.71. The molecule has 0 spiro atoms. The fraction of sp³-hybridized carbons (Fsp3) is 0.632. The number of nitrogens with zero attached hydrogens (tertiary/aromatic N) is 3. The van der Waals surface area contributed by atoms with Crippen LogP contribution in [0.1, 0.15) is 32.3 Å². The molecular weight excluding hydrogens is 300 g/mol. The Kier molecular flexibility index (Phi) is 9.92. The summed E-state index contributed by atoms with van der Waals surface area (Å²) < 4.78 is 5.92. The van der Waals surface area contributed by atoms with Gasteiger partial charge in [-0.1, -0.05) is 31.5 Å². The van der Waals surface area contributed by atoms with Crippen LogP contribution in [0.25, 0.3) is 0 Å². The molecule has 1 aromatic carbocycles. The zero-order valence-corrected chi connectivity index (χ0v) is 16.0. The van der Waals surface area contributed by atoms with Crippen molar-refractivity contribution >= 4 is 5.96 Å². The molecule has 1 N–H and O–H groups in total. The van der Waals surface area contributed by atoms with E-state index in [1.54, 1.807) is 0 Å². The number of aliphatic imine (C=N–C) groups is 1. The topological polar surface area (TPSA) is 40.1 Å². The van der Waals surface area contributed by atoms with Crippen LogP contribution in [-0.4, -0.2) is 63.1 Å². The highest BCUT2D eigenvalue weighted by Gasteiger charge is 2.07. The molecule has 1 rings (SSSR count). The minimum absolute atomic E-state index is 0.622. The van der Waals surface area contributed by atoms with Crippen LogP contribution < -0.4 is 10.1 Å². The Morgan fingerprint density at radius 3 is 2.54 bits per heavy atom. The minimum atomic E-state index is 0.622. The second-order valence-corrected chi connectivity index (χ2v) is 6.20. The van der Waals surface area contributed by atoms with Gasteiger partial charge in [-0.2, -0.15) is 0 Å². The average Bonchev–Trinajstić information content (AvgIpc) is 2.57. The van der Waals surface area contributed by atoms with Gasteiger partial charge in [-0.3, -0.25) is 0 Å². The molecule has 24 heavy (non-hydrogen) atoms. The average molecular weight is 335 g/mol. The summed E-state index contributed by atoms with van der Waals surface area (Å²) >= 11 is 0. The van der Waals surface area contributed by atoms with Crippen molar-refractivity contribution in [2.24, 2.45) is 4.99 Å². The fourth-order valence-electron chi connectivity index (χ4n) is 2.24. The Morgan fingerprint density at radius 2 is 1.88 bits per heavy atom. The van der Waals surface area contributed by atoms with Gasteiger partial charge < -0.3 is 19.9 Å². The van der Waals surface area contributed by atoms with Crippen LogP contribution in [0.3, 0.4) is 0 Å². The number of nitrogens with one attached hydrogen (secondary N) is 1. The van der Waals surface area contributed by atoms with Crippen molar-refractivity contribution in [1.82, 2.24) is 15.1 Å². The quantitative estimate of drug-likeness (QED) is 0.528. The van der Waals surface area contributed by atoms with Crippen molar-refractivity contribution in [2.45, 2.75) is 33.2 Å². The number of ether oxygens (including phenoxy) is 1. The molecule has 0 saturated heterocycles. The molecule has 0 aromatic heterocycles. The second-order valence-electron chi connectivity index (χ2n) is 6.20. The largest absolute Gasteiger partial charge is 0.492 e. The lowest BCUT2D eigenvalue weighted by Crippen LogP contribution is -2.39. The third kappa shape index (κ3) is 7.68. The summed E-state index contributed by atoms with van der Waals surface area (Å²) in [4.78, 5) is 9.10. The smallest absolute Gasteiger partial charge is 0.193 e. The van der Waals surface area contributed by atoms with Crippen LogP contribution in [0.15, 0.2) is 29.3 Å². The third-order valence-electron chi connectivity index (χ3n) is 3.71. The van der Waals surface area contributed by atoms with Gasteiger partial charge in [-0.25, -0.2) is 4.99 Å². The highest BCUT2D eigenvalue weighted by atomic mass is 16.5. The number of guanidine groups is 1. The van der Waals surface area contributed by atoms with E-state index in [-0.39, 0.29) is 0 Å². The Labute approximate surface area is 147 Å². The number of likely N-dealkylation sites (N-methyl/N-ethyl adjacent to an activating group) is 1. The van der Waals surface area contributed by atoms with Gasteiger partial charge in [-0.05, 0) is 33.5 Å². The van der Waals surface area contributed by atoms with E-state index in [4.69, 9.17) is 9.73 Å². The predicted octanol–water partition coefficient (Wildman–Crippen LogP) is 2.82. The van der Waals surface area contributed by atoms with Crippen molar-refractivity contribution in [3.8, 4) is 5.75 Å². The molecule has 0 saturated carbocycles. The van der Waals surface area contributed by atoms with E-state index in [2.05, 4.69) is 42.1 Å². The summed E-state index contributed by atoms with van der Waals surface area (Å²) in [6.45, 7) is 8.40. The first-order valence-electron chi connectivity index (χ1n) is 8.93. The molecule has 5 heteroatoms. The Balaban J connectivity index is 2.74. The SMILES string of the molecule is CCCCN(C)C(=NCc1ccccc1OCCN(C)C)NCC. The van der Waals surface area contributed by atoms with Gasteiger partial charge in [0.25, 0.3) is 0 Å². The number of benzene rings is 1. The van der Waals surface area contributed by atoms with Gasteiger partial charge >= 0.3 is 0 Å². The lowest BCUT2D eigenvalue weighted by molar-refractivity contribution is 0.259. The van der Waals surface area contributed by atoms with Crippen molar-refractivity contribution in [1.29, 1.82) is 0 Å². The number of rotatable bonds is 10. The Morgan fingerprint density at radius 1 is 1.12 bits per heavy atom. The Hall–Kier alpha value is -1.75. The lowest BCUT2D eigenvalue weighted by atomic mass is 10.2. The molecule has 0 aliphatic rings. The fourth-order valence-corrected chi connectivity index (χ4v) is 2.24. The maximum Gasteiger partial charge on any atom is 0.193 e. The van der Waals surface area contributed by atoms with Gasteiger partial charge in [0.2, 0.25) is 0 Å². The minimum Gasteiger partial charge on any atom is -0.492 e. The summed E-state index contributed by atoms with van der Waals surface area (Å²) in [5.41, 5.74) is 1.12. The molecule has 1 aromatic rings. The molecule has 0 heterocycles. The van der Waals surface area contributed by atoms with Crippen LogP contribution in [0.2, 0.25) is 0 Å². The molecular formula is C19H34N4O. The monoisotopic (exact) mass is 334 g/mol. The van der Waals surface area contributed by atoms with Gasteiger partial charge in [0.05, 0.1) is 6.54 Å². The zero-order valence-electron chi connectivity index (χ0n) is 16.0. The van der Waals surface area contributed by atoms with Crippen LogP contribution in [0.4, 0.5) is 0 Å². The van der Waals surface area contributed by atoms with E-state index >= 15 is 0 Å². The molecule has 0 aliphatic heterocycles. The summed E-state index contributed by atoms with van der Waals surface area (Å²) in [6, 6.07) is 8.16. The molecule has 0 bridgehead atoms. The van der Waals surface area contributed by atoms with Crippen molar-refractivity contribution in [2.75, 3.05) is 47.4 Å². The maximum atomic E-state index is 5.92. The molecule has 0 unspecified atom stereocenters. The van der Waals surface area contributed by atoms with Crippen LogP contribution >= 0.6 is 0 Å². The van der Waals surface area contributed by atoms with E-state index in [1.807, 2.05) is 32.3 Å². The first kappa shape index (κ1) is 20.3. The maximum absolute atomic E-state index is 5.92. The molecule has 0 radical (unpaired) electrons. The van der Waals surface area contributed by atoms with E-state index in [0.717, 1.165) is 36.9 Å². The van der Waals surface area contributed by atoms with Crippen LogP contribution in [-0.2, 0) is 6.54 Å². The van der Waals surface area contributed by atoms with Gasteiger partial charge in [-0.15, -0.1) is 0 Å². The van der Waals surface area contributed by atoms with Gasteiger partial charge in [0.15, 0.2) is 5.96 Å². The summed E-state index contributed by atoms with van der Waals surface area (Å²) in [6.07, 6.45) is 2.36. The summed E-state index contributed by atoms with van der Waals surface area (Å²) in [5, 5.41) is 3.37. The van der Waals surface area contributed by atoms with Crippen LogP contribution in [0.5, 0.6) is 5.75 Å². The first-order valence-corrected chi connectivity index (χ1v) is 8.93. The normalized spacial score (nSPS) is 11.7. The number of hydrogen-bond acceptors (Lipinski definition) is 3. The summed E-state index contributed by atoms with van der Waals surface area (Å²) in [5.74, 6) is 1.88. The van der Waals surface area contributed by atoms with E-state index in [1.165, 1.54) is 12.8 Å². The first-order chi connectivity index (χ1) is 11.6.